The fraction of sp³-hybridized carbons (Fsp3) is 0.385. The highest BCUT2D eigenvalue weighted by Crippen LogP contribution is 2.23. The molecule has 2 rings (SSSR count). The van der Waals surface area contributed by atoms with E-state index in [1.165, 1.54) is 5.56 Å². The molecule has 0 amide bonds. The van der Waals surface area contributed by atoms with Crippen LogP contribution in [-0.2, 0) is 15.6 Å². The maximum absolute atomic E-state index is 10.5. The fourth-order valence-corrected chi connectivity index (χ4v) is 3.38. The zero-order valence-electron chi connectivity index (χ0n) is 11.6. The molecule has 0 saturated carbocycles. The van der Waals surface area contributed by atoms with E-state index in [9.17, 15) is 8.42 Å². The molecule has 0 aliphatic rings. The van der Waals surface area contributed by atoms with E-state index >= 15 is 0 Å². The molecule has 0 unspecified atom stereocenters. The topological polar surface area (TPSA) is 91.4 Å². The van der Waals surface area contributed by atoms with Crippen molar-refractivity contribution in [3.05, 3.63) is 30.0 Å². The van der Waals surface area contributed by atoms with E-state index < -0.39 is 9.15 Å². The van der Waals surface area contributed by atoms with Crippen LogP contribution in [0.15, 0.2) is 24.4 Å². The second kappa shape index (κ2) is 7.17. The van der Waals surface area contributed by atoms with Gasteiger partial charge in [0.2, 0.25) is 0 Å². The highest BCUT2D eigenvalue weighted by molar-refractivity contribution is 8.69. The van der Waals surface area contributed by atoms with Gasteiger partial charge in [0.15, 0.2) is 0 Å². The average Bonchev–Trinajstić information content (AvgIpc) is 2.83. The Bertz CT molecular complexity index is 697. The first kappa shape index (κ1) is 16.2. The number of aromatic amines is 1. The van der Waals surface area contributed by atoms with Gasteiger partial charge in [0, 0.05) is 29.4 Å². The van der Waals surface area contributed by atoms with Crippen LogP contribution < -0.4 is 10.1 Å². The van der Waals surface area contributed by atoms with E-state index in [0.717, 1.165) is 29.6 Å². The van der Waals surface area contributed by atoms with Crippen molar-refractivity contribution in [3.8, 4) is 5.75 Å². The van der Waals surface area contributed by atoms with Gasteiger partial charge in [-0.25, -0.2) is 0 Å². The number of nitrogens with one attached hydrogen (secondary N) is 2. The predicted octanol–water partition coefficient (Wildman–Crippen LogP) is 1.84. The Morgan fingerprint density at radius 3 is 2.90 bits per heavy atom. The predicted molar refractivity (Wildman–Crippen MR) is 85.4 cm³/mol. The summed E-state index contributed by atoms with van der Waals surface area (Å²) >= 11 is 0. The van der Waals surface area contributed by atoms with Gasteiger partial charge in [0.05, 0.1) is 7.11 Å². The Labute approximate surface area is 127 Å². The van der Waals surface area contributed by atoms with Crippen LogP contribution in [0.4, 0.5) is 0 Å². The number of hydrogen-bond donors (Lipinski definition) is 3. The van der Waals surface area contributed by atoms with E-state index in [-0.39, 0.29) is 0 Å². The lowest BCUT2D eigenvalue weighted by atomic mass is 10.1. The molecule has 2 aromatic rings. The number of methoxy groups -OCH3 is 1. The van der Waals surface area contributed by atoms with Crippen LogP contribution >= 0.6 is 10.8 Å². The van der Waals surface area contributed by atoms with E-state index in [2.05, 4.69) is 10.3 Å². The second-order valence-electron chi connectivity index (χ2n) is 4.48. The molecule has 1 heterocycles. The Morgan fingerprint density at radius 2 is 2.19 bits per heavy atom. The number of ether oxygens (including phenoxy) is 1. The van der Waals surface area contributed by atoms with Crippen LogP contribution in [0.5, 0.6) is 5.75 Å². The minimum atomic E-state index is -3.93. The molecule has 1 aromatic heterocycles. The second-order valence-corrected chi connectivity index (χ2v) is 7.95. The molecule has 21 heavy (non-hydrogen) atoms. The third-order valence-electron chi connectivity index (χ3n) is 3.06. The maximum atomic E-state index is 10.5. The van der Waals surface area contributed by atoms with E-state index in [4.69, 9.17) is 9.29 Å². The van der Waals surface area contributed by atoms with Crippen molar-refractivity contribution in [3.63, 3.8) is 0 Å². The quantitative estimate of drug-likeness (QED) is 0.389. The average molecular weight is 330 g/mol. The van der Waals surface area contributed by atoms with Crippen molar-refractivity contribution >= 4 is 30.8 Å². The number of benzene rings is 1. The lowest BCUT2D eigenvalue weighted by molar-refractivity contribution is 0.415. The smallest absolute Gasteiger partial charge is 0.319 e. The van der Waals surface area contributed by atoms with Crippen LogP contribution in [-0.4, -0.2) is 43.9 Å². The number of rotatable bonds is 8. The number of aromatic nitrogens is 1. The normalized spacial score (nSPS) is 11.9. The van der Waals surface area contributed by atoms with Crippen molar-refractivity contribution in [1.82, 2.24) is 10.3 Å². The zero-order valence-corrected chi connectivity index (χ0v) is 13.3. The Balaban J connectivity index is 1.83. The molecule has 0 aliphatic carbocycles. The lowest BCUT2D eigenvalue weighted by Crippen LogP contribution is -2.20. The summed E-state index contributed by atoms with van der Waals surface area (Å²) in [7, 11) is -1.76. The SMILES string of the molecule is COc1ccc2[nH]cc(CCNCCSS(=O)(=O)O)c2c1. The molecule has 0 saturated heterocycles. The van der Waals surface area contributed by atoms with Gasteiger partial charge in [0.25, 0.3) is 0 Å². The first-order valence-corrected chi connectivity index (χ1v) is 9.40. The molecule has 6 nitrogen and oxygen atoms in total. The van der Waals surface area contributed by atoms with Gasteiger partial charge in [-0.15, -0.1) is 0 Å². The van der Waals surface area contributed by atoms with E-state index in [1.54, 1.807) is 7.11 Å². The third-order valence-corrected chi connectivity index (χ3v) is 5.12. The number of hydrogen-bond acceptors (Lipinski definition) is 5. The van der Waals surface area contributed by atoms with Gasteiger partial charge in [0.1, 0.15) is 5.75 Å². The van der Waals surface area contributed by atoms with Crippen molar-refractivity contribution in [1.29, 1.82) is 0 Å². The fourth-order valence-electron chi connectivity index (χ4n) is 2.06. The summed E-state index contributed by atoms with van der Waals surface area (Å²) in [6.45, 7) is 1.26. The summed E-state index contributed by atoms with van der Waals surface area (Å²) < 4.78 is 34.9. The van der Waals surface area contributed by atoms with Gasteiger partial charge in [-0.2, -0.15) is 8.42 Å². The highest BCUT2D eigenvalue weighted by atomic mass is 33.1. The van der Waals surface area contributed by atoms with Gasteiger partial charge in [-0.3, -0.25) is 4.55 Å². The summed E-state index contributed by atoms with van der Waals surface area (Å²) in [5, 5.41) is 4.28. The summed E-state index contributed by atoms with van der Waals surface area (Å²) in [5.74, 6) is 1.14. The van der Waals surface area contributed by atoms with Crippen LogP contribution in [0.1, 0.15) is 5.56 Å². The van der Waals surface area contributed by atoms with Crippen LogP contribution in [0, 0.1) is 0 Å². The molecule has 3 N–H and O–H groups in total. The van der Waals surface area contributed by atoms with E-state index in [0.29, 0.717) is 23.1 Å². The molecular formula is C13H18N2O4S2. The Morgan fingerprint density at radius 1 is 1.38 bits per heavy atom. The van der Waals surface area contributed by atoms with E-state index in [1.807, 2.05) is 24.4 Å². The van der Waals surface area contributed by atoms with Gasteiger partial charge >= 0.3 is 9.15 Å². The molecule has 1 aromatic carbocycles. The Hall–Kier alpha value is -1.22. The highest BCUT2D eigenvalue weighted by Gasteiger charge is 2.06. The first-order valence-electron chi connectivity index (χ1n) is 6.46. The standard InChI is InChI=1S/C13H18N2O4S2/c1-19-11-2-3-13-12(8-11)10(9-15-13)4-5-14-6-7-20-21(16,17)18/h2-3,8-9,14-15H,4-7H2,1H3,(H,16,17,18). The van der Waals surface area contributed by atoms with Crippen molar-refractivity contribution < 1.29 is 17.7 Å². The zero-order chi connectivity index (χ0) is 15.3. The first-order chi connectivity index (χ1) is 9.99. The minimum absolute atomic E-state index is 0.320. The summed E-state index contributed by atoms with van der Waals surface area (Å²) in [6.07, 6.45) is 2.79. The minimum Gasteiger partial charge on any atom is -0.497 e. The van der Waals surface area contributed by atoms with Crippen molar-refractivity contribution in [2.24, 2.45) is 0 Å². The summed E-state index contributed by atoms with van der Waals surface area (Å²) in [6, 6.07) is 5.89. The molecule has 0 fully saturated rings. The van der Waals surface area contributed by atoms with Crippen LogP contribution in [0.2, 0.25) is 0 Å². The van der Waals surface area contributed by atoms with Crippen molar-refractivity contribution in [2.45, 2.75) is 6.42 Å². The maximum Gasteiger partial charge on any atom is 0.319 e. The largest absolute Gasteiger partial charge is 0.497 e. The third kappa shape index (κ3) is 4.92. The molecule has 0 spiro atoms. The van der Waals surface area contributed by atoms with Crippen molar-refractivity contribution in [2.75, 3.05) is 26.0 Å². The molecule has 0 radical (unpaired) electrons. The summed E-state index contributed by atoms with van der Waals surface area (Å²) in [5.41, 5.74) is 2.24. The van der Waals surface area contributed by atoms with Gasteiger partial charge in [-0.1, -0.05) is 0 Å². The lowest BCUT2D eigenvalue weighted by Gasteiger charge is -2.04. The Kier molecular flexibility index (Phi) is 5.51. The van der Waals surface area contributed by atoms with Crippen LogP contribution in [0.25, 0.3) is 10.9 Å². The molecule has 0 atom stereocenters. The molecule has 8 heteroatoms. The number of fused-ring (bicyclic) bond motifs is 1. The van der Waals surface area contributed by atoms with Gasteiger partial charge in [-0.05, 0) is 47.5 Å². The molecule has 0 aliphatic heterocycles. The summed E-state index contributed by atoms with van der Waals surface area (Å²) in [4.78, 5) is 3.21. The number of H-pyrrole nitrogens is 1. The monoisotopic (exact) mass is 330 g/mol. The molecule has 0 bridgehead atoms. The molecular weight excluding hydrogens is 312 g/mol. The van der Waals surface area contributed by atoms with Crippen LogP contribution in [0.3, 0.4) is 0 Å². The van der Waals surface area contributed by atoms with Gasteiger partial charge < -0.3 is 15.0 Å². The molecule has 116 valence electrons.